The fourth-order valence-corrected chi connectivity index (χ4v) is 7.81. The van der Waals surface area contributed by atoms with Gasteiger partial charge in [0, 0.05) is 18.9 Å². The Kier molecular flexibility index (Phi) is 6.07. The highest BCUT2D eigenvalue weighted by molar-refractivity contribution is 5.96. The zero-order valence-corrected chi connectivity index (χ0v) is 20.8. The Hall–Kier alpha value is -2.21. The van der Waals surface area contributed by atoms with E-state index in [9.17, 15) is 9.90 Å². The molecule has 3 saturated carbocycles. The van der Waals surface area contributed by atoms with E-state index in [0.29, 0.717) is 24.3 Å². The first-order valence-corrected chi connectivity index (χ1v) is 13.0. The van der Waals surface area contributed by atoms with E-state index in [1.54, 1.807) is 12.4 Å². The van der Waals surface area contributed by atoms with Crippen molar-refractivity contribution in [2.24, 2.45) is 33.7 Å². The maximum atomic E-state index is 12.1. The number of oxime groups is 1. The zero-order chi connectivity index (χ0) is 24.0. The van der Waals surface area contributed by atoms with Crippen LogP contribution < -0.4 is 5.32 Å². The molecule has 1 heterocycles. The molecule has 4 aliphatic carbocycles. The smallest absolute Gasteiger partial charge is 0.261 e. The second kappa shape index (κ2) is 8.78. The molecule has 0 saturated heterocycles. The third-order valence-corrected chi connectivity index (χ3v) is 10.1. The van der Waals surface area contributed by atoms with E-state index in [1.807, 2.05) is 12.1 Å². The number of aliphatic hydroxyl groups is 1. The first-order valence-electron chi connectivity index (χ1n) is 13.0. The van der Waals surface area contributed by atoms with E-state index in [-0.39, 0.29) is 23.3 Å². The predicted molar refractivity (Wildman–Crippen MR) is 132 cm³/mol. The summed E-state index contributed by atoms with van der Waals surface area (Å²) in [5, 5.41) is 18.3. The summed E-state index contributed by atoms with van der Waals surface area (Å²) >= 11 is 0. The molecule has 1 aromatic rings. The van der Waals surface area contributed by atoms with Gasteiger partial charge in [0.1, 0.15) is 0 Å². The molecular formula is C28H39N3O3. The lowest BCUT2D eigenvalue weighted by Crippen LogP contribution is -2.53. The Morgan fingerprint density at radius 1 is 1.18 bits per heavy atom. The number of allylic oxidation sites excluding steroid dienone is 2. The van der Waals surface area contributed by atoms with Crippen molar-refractivity contribution in [1.82, 2.24) is 10.3 Å². The first kappa shape index (κ1) is 23.5. The van der Waals surface area contributed by atoms with Crippen molar-refractivity contribution >= 4 is 11.6 Å². The van der Waals surface area contributed by atoms with E-state index < -0.39 is 5.60 Å². The summed E-state index contributed by atoms with van der Waals surface area (Å²) in [5.41, 5.74) is 3.19. The molecule has 0 aromatic carbocycles. The number of nitrogens with zero attached hydrogens (tertiary/aromatic N) is 2. The van der Waals surface area contributed by atoms with Crippen molar-refractivity contribution in [2.75, 3.05) is 6.61 Å². The van der Waals surface area contributed by atoms with E-state index in [4.69, 9.17) is 4.84 Å². The van der Waals surface area contributed by atoms with Crippen LogP contribution in [0.5, 0.6) is 0 Å². The van der Waals surface area contributed by atoms with Crippen LogP contribution in [0.25, 0.3) is 0 Å². The van der Waals surface area contributed by atoms with Gasteiger partial charge in [0.05, 0.1) is 11.3 Å². The molecule has 0 spiro atoms. The Balaban J connectivity index is 1.20. The lowest BCUT2D eigenvalue weighted by atomic mass is 9.46. The average molecular weight is 466 g/mol. The minimum absolute atomic E-state index is 0.0679. The molecule has 3 fully saturated rings. The van der Waals surface area contributed by atoms with Gasteiger partial charge < -0.3 is 15.3 Å². The summed E-state index contributed by atoms with van der Waals surface area (Å²) in [6.45, 7) is 7.26. The van der Waals surface area contributed by atoms with Crippen molar-refractivity contribution in [2.45, 2.75) is 84.3 Å². The Bertz CT molecular complexity index is 988. The molecule has 6 nitrogen and oxygen atoms in total. The molecule has 0 unspecified atom stereocenters. The van der Waals surface area contributed by atoms with Gasteiger partial charge in [-0.1, -0.05) is 30.6 Å². The standard InChI is InChI=1S/C28H39N3O3/c1-26-11-8-21(31-34-18-25(32)30-17-19-5-4-14-29-16-19)15-20(26)6-7-22-23(26)9-12-27(2)24(22)10-13-28(27,3)33/h4-5,14-16,22-24,33H,6-13,17-18H2,1-3H3,(H,30,32)/b31-21+/t22-,23+,24+,26+,27+,28+/m1/s1. The highest BCUT2D eigenvalue weighted by Crippen LogP contribution is 2.67. The Morgan fingerprint density at radius 2 is 2.00 bits per heavy atom. The predicted octanol–water partition coefficient (Wildman–Crippen LogP) is 4.78. The fourth-order valence-electron chi connectivity index (χ4n) is 7.81. The lowest BCUT2D eigenvalue weighted by Gasteiger charge is -2.59. The number of carbonyl (C=O) groups is 1. The van der Waals surface area contributed by atoms with Crippen LogP contribution in [0.4, 0.5) is 0 Å². The normalized spacial score (nSPS) is 40.1. The van der Waals surface area contributed by atoms with E-state index in [0.717, 1.165) is 43.4 Å². The van der Waals surface area contributed by atoms with Crippen LogP contribution in [-0.2, 0) is 16.2 Å². The lowest BCUT2D eigenvalue weighted by molar-refractivity contribution is -0.125. The Morgan fingerprint density at radius 3 is 2.79 bits per heavy atom. The minimum Gasteiger partial charge on any atom is -0.390 e. The summed E-state index contributed by atoms with van der Waals surface area (Å²) in [5.74, 6) is 1.87. The van der Waals surface area contributed by atoms with Crippen LogP contribution in [0.15, 0.2) is 41.3 Å². The third-order valence-electron chi connectivity index (χ3n) is 10.1. The van der Waals surface area contributed by atoms with Gasteiger partial charge in [-0.3, -0.25) is 9.78 Å². The van der Waals surface area contributed by atoms with Crippen molar-refractivity contribution in [3.63, 3.8) is 0 Å². The number of pyridine rings is 1. The number of fused-ring (bicyclic) bond motifs is 5. The van der Waals surface area contributed by atoms with Crippen molar-refractivity contribution < 1.29 is 14.7 Å². The molecule has 0 aliphatic heterocycles. The molecular weight excluding hydrogens is 426 g/mol. The van der Waals surface area contributed by atoms with Crippen LogP contribution in [-0.4, -0.2) is 33.9 Å². The van der Waals surface area contributed by atoms with Gasteiger partial charge in [0.25, 0.3) is 5.91 Å². The first-order chi connectivity index (χ1) is 16.2. The van der Waals surface area contributed by atoms with Crippen molar-refractivity contribution in [1.29, 1.82) is 0 Å². The molecule has 1 aromatic heterocycles. The molecule has 0 bridgehead atoms. The Labute approximate surface area is 203 Å². The topological polar surface area (TPSA) is 83.8 Å². The largest absolute Gasteiger partial charge is 0.390 e. The number of hydrogen-bond acceptors (Lipinski definition) is 5. The minimum atomic E-state index is -0.520. The van der Waals surface area contributed by atoms with E-state index >= 15 is 0 Å². The van der Waals surface area contributed by atoms with Gasteiger partial charge in [-0.15, -0.1) is 0 Å². The maximum Gasteiger partial charge on any atom is 0.261 e. The highest BCUT2D eigenvalue weighted by Gasteiger charge is 2.62. The van der Waals surface area contributed by atoms with Crippen LogP contribution in [0.1, 0.15) is 77.7 Å². The number of nitrogens with one attached hydrogen (secondary N) is 1. The average Bonchev–Trinajstić information content (AvgIpc) is 3.07. The van der Waals surface area contributed by atoms with Gasteiger partial charge in [-0.05, 0) is 105 Å². The highest BCUT2D eigenvalue weighted by atomic mass is 16.6. The van der Waals surface area contributed by atoms with Crippen LogP contribution in [0.3, 0.4) is 0 Å². The van der Waals surface area contributed by atoms with Gasteiger partial charge in [-0.25, -0.2) is 0 Å². The van der Waals surface area contributed by atoms with Crippen LogP contribution in [0.2, 0.25) is 0 Å². The number of rotatable bonds is 5. The monoisotopic (exact) mass is 465 g/mol. The van der Waals surface area contributed by atoms with Crippen molar-refractivity contribution in [3.05, 3.63) is 41.7 Å². The summed E-state index contributed by atoms with van der Waals surface area (Å²) < 4.78 is 0. The summed E-state index contributed by atoms with van der Waals surface area (Å²) in [6, 6.07) is 3.78. The number of aromatic nitrogens is 1. The van der Waals surface area contributed by atoms with Gasteiger partial charge >= 0.3 is 0 Å². The molecule has 2 N–H and O–H groups in total. The molecule has 184 valence electrons. The second-order valence-electron chi connectivity index (χ2n) is 11.8. The molecule has 6 atom stereocenters. The van der Waals surface area contributed by atoms with Crippen LogP contribution in [0, 0.1) is 28.6 Å². The second-order valence-corrected chi connectivity index (χ2v) is 11.8. The molecule has 4 aliphatic rings. The fraction of sp³-hybridized carbons (Fsp3) is 0.679. The summed E-state index contributed by atoms with van der Waals surface area (Å²) in [7, 11) is 0. The van der Waals surface area contributed by atoms with Gasteiger partial charge in [0.15, 0.2) is 6.61 Å². The quantitative estimate of drug-likeness (QED) is 0.613. The van der Waals surface area contributed by atoms with Gasteiger partial charge in [-0.2, -0.15) is 0 Å². The molecule has 6 heteroatoms. The summed E-state index contributed by atoms with van der Waals surface area (Å²) in [4.78, 5) is 21.6. The SMILES string of the molecule is C[C@]12CC/C(=N\OCC(=O)NCc3cccnc3)C=C1CC[C@@H]1[C@@H]2CC[C@@]2(C)[C@H]1CC[C@]2(C)O. The van der Waals surface area contributed by atoms with Crippen molar-refractivity contribution in [3.8, 4) is 0 Å². The molecule has 34 heavy (non-hydrogen) atoms. The van der Waals surface area contributed by atoms with Gasteiger partial charge in [0.2, 0.25) is 0 Å². The molecule has 1 amide bonds. The number of amides is 1. The number of hydrogen-bond donors (Lipinski definition) is 2. The number of carbonyl (C=O) groups excluding carboxylic acids is 1. The van der Waals surface area contributed by atoms with E-state index in [1.165, 1.54) is 24.8 Å². The molecule has 5 rings (SSSR count). The van der Waals surface area contributed by atoms with E-state index in [2.05, 4.69) is 42.3 Å². The third kappa shape index (κ3) is 3.98. The summed E-state index contributed by atoms with van der Waals surface area (Å²) in [6.07, 6.45) is 14.5. The zero-order valence-electron chi connectivity index (χ0n) is 20.8. The maximum absolute atomic E-state index is 12.1. The molecule has 0 radical (unpaired) electrons. The van der Waals surface area contributed by atoms with Crippen LogP contribution >= 0.6 is 0 Å².